The van der Waals surface area contributed by atoms with Gasteiger partial charge in [-0.1, -0.05) is 18.6 Å². The number of nitrogens with one attached hydrogen (secondary N) is 1. The van der Waals surface area contributed by atoms with Gasteiger partial charge in [0.25, 0.3) is 0 Å². The Balaban J connectivity index is 1.47. The summed E-state index contributed by atoms with van der Waals surface area (Å²) in [4.78, 5) is 0. The third kappa shape index (κ3) is 3.39. The summed E-state index contributed by atoms with van der Waals surface area (Å²) < 4.78 is 5.27. The van der Waals surface area contributed by atoms with Crippen molar-refractivity contribution in [1.29, 1.82) is 5.26 Å². The molecule has 112 valence electrons. The number of rotatable bonds is 6. The lowest BCUT2D eigenvalue weighted by atomic mass is 9.84. The van der Waals surface area contributed by atoms with E-state index in [-0.39, 0.29) is 6.61 Å². The predicted octanol–water partition coefficient (Wildman–Crippen LogP) is 3.50. The Kier molecular flexibility index (Phi) is 4.45. The lowest BCUT2D eigenvalue weighted by Gasteiger charge is -2.28. The normalized spacial score (nSPS) is 28.3. The fourth-order valence-corrected chi connectivity index (χ4v) is 4.16. The molecule has 4 atom stereocenters. The molecule has 2 saturated carbocycles. The number of hydrogen-bond donors (Lipinski definition) is 1. The molecule has 1 N–H and O–H groups in total. The van der Waals surface area contributed by atoms with E-state index >= 15 is 0 Å². The Morgan fingerprint density at radius 2 is 2.10 bits per heavy atom. The second kappa shape index (κ2) is 6.49. The van der Waals surface area contributed by atoms with Crippen LogP contribution < -0.4 is 10.1 Å². The van der Waals surface area contributed by atoms with Gasteiger partial charge in [-0.15, -0.1) is 0 Å². The van der Waals surface area contributed by atoms with Crippen LogP contribution in [0.15, 0.2) is 24.3 Å². The van der Waals surface area contributed by atoms with Gasteiger partial charge in [-0.05, 0) is 61.6 Å². The van der Waals surface area contributed by atoms with Crippen molar-refractivity contribution in [3.63, 3.8) is 0 Å². The molecule has 3 rings (SSSR count). The number of hydrogen-bond acceptors (Lipinski definition) is 3. The largest absolute Gasteiger partial charge is 0.479 e. The molecule has 0 aromatic heterocycles. The Bertz CT molecular complexity index is 505. The van der Waals surface area contributed by atoms with Crippen LogP contribution in [0.4, 0.5) is 0 Å². The highest BCUT2D eigenvalue weighted by Gasteiger charge is 2.41. The number of nitriles is 1. The average Bonchev–Trinajstić information content (AvgIpc) is 3.14. The summed E-state index contributed by atoms with van der Waals surface area (Å²) in [6, 6.07) is 10.6. The Labute approximate surface area is 127 Å². The van der Waals surface area contributed by atoms with E-state index < -0.39 is 0 Å². The monoisotopic (exact) mass is 284 g/mol. The van der Waals surface area contributed by atoms with Gasteiger partial charge in [0.05, 0.1) is 0 Å². The first kappa shape index (κ1) is 14.4. The van der Waals surface area contributed by atoms with Gasteiger partial charge in [-0.3, -0.25) is 0 Å². The van der Waals surface area contributed by atoms with Gasteiger partial charge in [0.2, 0.25) is 0 Å². The number of fused-ring (bicyclic) bond motifs is 2. The van der Waals surface area contributed by atoms with E-state index in [2.05, 4.69) is 24.4 Å². The lowest BCUT2D eigenvalue weighted by molar-refractivity contribution is 0.259. The molecule has 2 aliphatic carbocycles. The molecule has 0 heterocycles. The maximum atomic E-state index is 8.49. The van der Waals surface area contributed by atoms with Crippen molar-refractivity contribution in [2.24, 2.45) is 17.8 Å². The highest BCUT2D eigenvalue weighted by Crippen LogP contribution is 2.49. The van der Waals surface area contributed by atoms with Gasteiger partial charge in [-0.25, -0.2) is 0 Å². The zero-order chi connectivity index (χ0) is 14.7. The van der Waals surface area contributed by atoms with E-state index in [4.69, 9.17) is 10.00 Å². The highest BCUT2D eigenvalue weighted by molar-refractivity contribution is 5.27. The summed E-state index contributed by atoms with van der Waals surface area (Å²) in [6.07, 6.45) is 5.83. The lowest BCUT2D eigenvalue weighted by Crippen LogP contribution is -2.35. The zero-order valence-corrected chi connectivity index (χ0v) is 12.7. The minimum atomic E-state index is 0.110. The van der Waals surface area contributed by atoms with Crippen LogP contribution in [0.1, 0.15) is 38.2 Å². The van der Waals surface area contributed by atoms with Crippen LogP contribution in [0.25, 0.3) is 0 Å². The van der Waals surface area contributed by atoms with Crippen LogP contribution in [0.5, 0.6) is 5.75 Å². The summed E-state index contributed by atoms with van der Waals surface area (Å²) >= 11 is 0. The van der Waals surface area contributed by atoms with Crippen molar-refractivity contribution >= 4 is 0 Å². The second-order valence-corrected chi connectivity index (χ2v) is 6.60. The van der Waals surface area contributed by atoms with Crippen molar-refractivity contribution < 1.29 is 4.74 Å². The van der Waals surface area contributed by atoms with Crippen molar-refractivity contribution in [3.8, 4) is 11.8 Å². The van der Waals surface area contributed by atoms with Crippen LogP contribution in [0, 0.1) is 29.1 Å². The molecule has 2 bridgehead atoms. The molecule has 21 heavy (non-hydrogen) atoms. The first-order valence-electron chi connectivity index (χ1n) is 8.08. The molecule has 4 unspecified atom stereocenters. The van der Waals surface area contributed by atoms with Crippen LogP contribution in [-0.4, -0.2) is 12.6 Å². The second-order valence-electron chi connectivity index (χ2n) is 6.60. The maximum Gasteiger partial charge on any atom is 0.174 e. The molecule has 3 nitrogen and oxygen atoms in total. The van der Waals surface area contributed by atoms with Gasteiger partial charge in [0.15, 0.2) is 6.61 Å². The molecular weight excluding hydrogens is 260 g/mol. The number of ether oxygens (including phenoxy) is 1. The highest BCUT2D eigenvalue weighted by atomic mass is 16.5. The van der Waals surface area contributed by atoms with Gasteiger partial charge >= 0.3 is 0 Å². The number of nitrogens with zero attached hydrogens (tertiary/aromatic N) is 1. The molecule has 1 aromatic rings. The van der Waals surface area contributed by atoms with Gasteiger partial charge in [-0.2, -0.15) is 5.26 Å². The molecule has 0 aliphatic heterocycles. The SMILES string of the molecule is CC(NCc1ccc(OCC#N)cc1)C1CC2CCC1C2. The number of benzene rings is 1. The molecule has 2 aliphatic rings. The van der Waals surface area contributed by atoms with Crippen LogP contribution in [-0.2, 0) is 6.54 Å². The first-order valence-corrected chi connectivity index (χ1v) is 8.08. The standard InChI is InChI=1S/C18H24N2O/c1-13(18-11-15-2-5-16(18)10-15)20-12-14-3-6-17(7-4-14)21-9-8-19/h3-4,6-7,13,15-16,18,20H,2,5,9-12H2,1H3. The Morgan fingerprint density at radius 1 is 1.29 bits per heavy atom. The molecule has 2 fully saturated rings. The van der Waals surface area contributed by atoms with Crippen LogP contribution in [0.2, 0.25) is 0 Å². The maximum absolute atomic E-state index is 8.49. The first-order chi connectivity index (χ1) is 10.3. The third-order valence-electron chi connectivity index (χ3n) is 5.29. The zero-order valence-electron chi connectivity index (χ0n) is 12.7. The van der Waals surface area contributed by atoms with E-state index in [1.807, 2.05) is 18.2 Å². The van der Waals surface area contributed by atoms with Crippen molar-refractivity contribution in [3.05, 3.63) is 29.8 Å². The van der Waals surface area contributed by atoms with Crippen molar-refractivity contribution in [2.75, 3.05) is 6.61 Å². The summed E-state index contributed by atoms with van der Waals surface area (Å²) in [5.74, 6) is 3.63. The fourth-order valence-electron chi connectivity index (χ4n) is 4.16. The summed E-state index contributed by atoms with van der Waals surface area (Å²) in [7, 11) is 0. The van der Waals surface area contributed by atoms with Crippen molar-refractivity contribution in [2.45, 2.75) is 45.2 Å². The Morgan fingerprint density at radius 3 is 2.71 bits per heavy atom. The van der Waals surface area contributed by atoms with E-state index in [1.165, 1.54) is 31.2 Å². The molecule has 1 aromatic carbocycles. The summed E-state index contributed by atoms with van der Waals surface area (Å²) in [5.41, 5.74) is 1.27. The van der Waals surface area contributed by atoms with E-state index in [0.29, 0.717) is 6.04 Å². The third-order valence-corrected chi connectivity index (χ3v) is 5.29. The van der Waals surface area contributed by atoms with Gasteiger partial charge in [0, 0.05) is 12.6 Å². The molecule has 0 saturated heterocycles. The van der Waals surface area contributed by atoms with E-state index in [0.717, 1.165) is 30.0 Å². The van der Waals surface area contributed by atoms with Gasteiger partial charge < -0.3 is 10.1 Å². The molecule has 0 radical (unpaired) electrons. The van der Waals surface area contributed by atoms with Gasteiger partial charge in [0.1, 0.15) is 11.8 Å². The summed E-state index contributed by atoms with van der Waals surface area (Å²) in [5, 5.41) is 12.2. The molecule has 3 heteroatoms. The average molecular weight is 284 g/mol. The quantitative estimate of drug-likeness (QED) is 0.869. The van der Waals surface area contributed by atoms with Crippen LogP contribution >= 0.6 is 0 Å². The molecule has 0 amide bonds. The minimum absolute atomic E-state index is 0.110. The smallest absolute Gasteiger partial charge is 0.174 e. The van der Waals surface area contributed by atoms with E-state index in [9.17, 15) is 0 Å². The van der Waals surface area contributed by atoms with E-state index in [1.54, 1.807) is 0 Å². The van der Waals surface area contributed by atoms with Crippen LogP contribution in [0.3, 0.4) is 0 Å². The Hall–Kier alpha value is -1.53. The fraction of sp³-hybridized carbons (Fsp3) is 0.611. The summed E-state index contributed by atoms with van der Waals surface area (Å²) in [6.45, 7) is 3.36. The topological polar surface area (TPSA) is 45.0 Å². The minimum Gasteiger partial charge on any atom is -0.479 e. The van der Waals surface area contributed by atoms with Crippen molar-refractivity contribution in [1.82, 2.24) is 5.32 Å². The predicted molar refractivity (Wildman–Crippen MR) is 82.8 cm³/mol. The molecule has 0 spiro atoms. The molecular formula is C18H24N2O.